The van der Waals surface area contributed by atoms with Gasteiger partial charge in [-0.2, -0.15) is 0 Å². The summed E-state index contributed by atoms with van der Waals surface area (Å²) >= 11 is 0. The molecule has 0 aliphatic carbocycles. The first kappa shape index (κ1) is 20.2. The molecule has 0 bridgehead atoms. The summed E-state index contributed by atoms with van der Waals surface area (Å²) in [6, 6.07) is 15.9. The van der Waals surface area contributed by atoms with Crippen molar-refractivity contribution in [2.24, 2.45) is 0 Å². The van der Waals surface area contributed by atoms with Crippen LogP contribution < -0.4 is 9.47 Å². The Balaban J connectivity index is 1.85. The van der Waals surface area contributed by atoms with Gasteiger partial charge in [0.15, 0.2) is 11.5 Å². The van der Waals surface area contributed by atoms with Gasteiger partial charge in [0.05, 0.1) is 16.8 Å². The van der Waals surface area contributed by atoms with Gasteiger partial charge in [0.25, 0.3) is 5.91 Å². The van der Waals surface area contributed by atoms with E-state index in [1.807, 2.05) is 53.4 Å². The minimum absolute atomic E-state index is 0.0549. The number of amides is 1. The molecule has 4 rings (SSSR count). The van der Waals surface area contributed by atoms with E-state index in [0.29, 0.717) is 11.3 Å². The first-order chi connectivity index (χ1) is 14.5. The molecule has 2 unspecified atom stereocenters. The summed E-state index contributed by atoms with van der Waals surface area (Å²) in [5.74, 6) is 1.49. The largest absolute Gasteiger partial charge is 0.454 e. The molecule has 30 heavy (non-hydrogen) atoms. The molecule has 2 atom stereocenters. The Morgan fingerprint density at radius 3 is 2.43 bits per heavy atom. The lowest BCUT2D eigenvalue weighted by molar-refractivity contribution is 0.0600. The Morgan fingerprint density at radius 2 is 1.70 bits per heavy atom. The highest BCUT2D eigenvalue weighted by Gasteiger charge is 2.27. The van der Waals surface area contributed by atoms with Crippen molar-refractivity contribution in [2.45, 2.75) is 52.6 Å². The Kier molecular flexibility index (Phi) is 5.62. The molecule has 0 radical (unpaired) electrons. The molecule has 1 aromatic heterocycles. The minimum Gasteiger partial charge on any atom is -0.454 e. The van der Waals surface area contributed by atoms with Crippen LogP contribution in [-0.4, -0.2) is 34.7 Å². The summed E-state index contributed by atoms with van der Waals surface area (Å²) in [7, 11) is 0. The molecule has 156 valence electrons. The van der Waals surface area contributed by atoms with Crippen LogP contribution in [0.25, 0.3) is 22.2 Å². The third kappa shape index (κ3) is 3.60. The summed E-state index contributed by atoms with van der Waals surface area (Å²) in [4.78, 5) is 20.6. The van der Waals surface area contributed by atoms with E-state index in [1.54, 1.807) is 0 Å². The molecule has 0 N–H and O–H groups in total. The quantitative estimate of drug-likeness (QED) is 0.531. The fourth-order valence-electron chi connectivity index (χ4n) is 3.92. The lowest BCUT2D eigenvalue weighted by Gasteiger charge is -2.34. The van der Waals surface area contributed by atoms with Crippen molar-refractivity contribution in [3.63, 3.8) is 0 Å². The van der Waals surface area contributed by atoms with E-state index in [4.69, 9.17) is 14.5 Å². The van der Waals surface area contributed by atoms with Crippen LogP contribution in [0.3, 0.4) is 0 Å². The van der Waals surface area contributed by atoms with Gasteiger partial charge in [-0.3, -0.25) is 4.79 Å². The van der Waals surface area contributed by atoms with Gasteiger partial charge in [-0.05, 0) is 57.0 Å². The van der Waals surface area contributed by atoms with Crippen LogP contribution in [0.5, 0.6) is 11.5 Å². The van der Waals surface area contributed by atoms with Crippen LogP contribution in [0.1, 0.15) is 50.9 Å². The molecule has 5 heteroatoms. The van der Waals surface area contributed by atoms with E-state index >= 15 is 0 Å². The molecule has 0 saturated heterocycles. The van der Waals surface area contributed by atoms with Gasteiger partial charge >= 0.3 is 0 Å². The molecule has 0 saturated carbocycles. The van der Waals surface area contributed by atoms with Crippen LogP contribution in [0.15, 0.2) is 48.5 Å². The third-order valence-corrected chi connectivity index (χ3v) is 5.98. The van der Waals surface area contributed by atoms with E-state index in [0.717, 1.165) is 40.8 Å². The zero-order valence-electron chi connectivity index (χ0n) is 18.0. The zero-order valence-corrected chi connectivity index (χ0v) is 18.0. The molecule has 1 aliphatic rings. The maximum atomic E-state index is 13.8. The topological polar surface area (TPSA) is 51.7 Å². The number of para-hydroxylation sites is 1. The first-order valence-corrected chi connectivity index (χ1v) is 10.7. The lowest BCUT2D eigenvalue weighted by Crippen LogP contribution is -2.44. The predicted molar refractivity (Wildman–Crippen MR) is 119 cm³/mol. The van der Waals surface area contributed by atoms with Crippen molar-refractivity contribution in [2.75, 3.05) is 6.79 Å². The molecule has 2 heterocycles. The summed E-state index contributed by atoms with van der Waals surface area (Å²) in [6.07, 6.45) is 1.82. The number of aromatic nitrogens is 1. The van der Waals surface area contributed by atoms with E-state index in [2.05, 4.69) is 27.7 Å². The number of carbonyl (C=O) groups is 1. The second-order valence-corrected chi connectivity index (χ2v) is 7.87. The zero-order chi connectivity index (χ0) is 21.3. The minimum atomic E-state index is 0.0549. The average Bonchev–Trinajstić information content (AvgIpc) is 3.25. The van der Waals surface area contributed by atoms with Crippen LogP contribution >= 0.6 is 0 Å². The van der Waals surface area contributed by atoms with Gasteiger partial charge in [-0.15, -0.1) is 0 Å². The highest BCUT2D eigenvalue weighted by Crippen LogP contribution is 2.36. The maximum Gasteiger partial charge on any atom is 0.255 e. The van der Waals surface area contributed by atoms with Crippen LogP contribution in [0.4, 0.5) is 0 Å². The van der Waals surface area contributed by atoms with Crippen molar-refractivity contribution >= 4 is 16.8 Å². The Morgan fingerprint density at radius 1 is 1.00 bits per heavy atom. The highest BCUT2D eigenvalue weighted by molar-refractivity contribution is 6.07. The van der Waals surface area contributed by atoms with Gasteiger partial charge in [0.1, 0.15) is 0 Å². The number of benzene rings is 2. The maximum absolute atomic E-state index is 13.8. The smallest absolute Gasteiger partial charge is 0.255 e. The number of ether oxygens (including phenoxy) is 2. The molecule has 2 aromatic carbocycles. The van der Waals surface area contributed by atoms with Gasteiger partial charge in [0, 0.05) is 23.0 Å². The first-order valence-electron chi connectivity index (χ1n) is 10.7. The van der Waals surface area contributed by atoms with Crippen molar-refractivity contribution in [1.29, 1.82) is 0 Å². The third-order valence-electron chi connectivity index (χ3n) is 5.98. The summed E-state index contributed by atoms with van der Waals surface area (Å²) in [5, 5.41) is 0.878. The molecule has 0 fully saturated rings. The molecule has 5 nitrogen and oxygen atoms in total. The highest BCUT2D eigenvalue weighted by atomic mass is 16.7. The number of carbonyl (C=O) groups excluding carboxylic acids is 1. The standard InChI is InChI=1S/C25H28N2O3/c1-5-16(3)27(17(4)6-2)25(28)20-14-22(26-21-10-8-7-9-19(20)21)18-11-12-23-24(13-18)30-15-29-23/h7-14,16-17H,5-6,15H2,1-4H3. The van der Waals surface area contributed by atoms with Crippen molar-refractivity contribution in [1.82, 2.24) is 9.88 Å². The summed E-state index contributed by atoms with van der Waals surface area (Å²) in [6.45, 7) is 8.71. The summed E-state index contributed by atoms with van der Waals surface area (Å²) in [5.41, 5.74) is 3.15. The van der Waals surface area contributed by atoms with Crippen molar-refractivity contribution in [3.05, 3.63) is 54.1 Å². The van der Waals surface area contributed by atoms with Crippen molar-refractivity contribution in [3.8, 4) is 22.8 Å². The van der Waals surface area contributed by atoms with E-state index in [-0.39, 0.29) is 24.8 Å². The molecule has 3 aromatic rings. The molecule has 1 amide bonds. The van der Waals surface area contributed by atoms with Gasteiger partial charge < -0.3 is 14.4 Å². The predicted octanol–water partition coefficient (Wildman–Crippen LogP) is 5.67. The van der Waals surface area contributed by atoms with Gasteiger partial charge in [0.2, 0.25) is 6.79 Å². The summed E-state index contributed by atoms with van der Waals surface area (Å²) < 4.78 is 11.0. The number of rotatable bonds is 6. The molecular formula is C25H28N2O3. The number of fused-ring (bicyclic) bond motifs is 2. The van der Waals surface area contributed by atoms with E-state index in [1.165, 1.54) is 0 Å². The Hall–Kier alpha value is -3.08. The average molecular weight is 405 g/mol. The molecule has 0 spiro atoms. The Bertz CT molecular complexity index is 1070. The number of nitrogens with zero attached hydrogens (tertiary/aromatic N) is 2. The van der Waals surface area contributed by atoms with E-state index in [9.17, 15) is 4.79 Å². The Labute approximate surface area is 177 Å². The normalized spacial score (nSPS) is 14.5. The second-order valence-electron chi connectivity index (χ2n) is 7.87. The van der Waals surface area contributed by atoms with Gasteiger partial charge in [-0.25, -0.2) is 4.98 Å². The van der Waals surface area contributed by atoms with Gasteiger partial charge in [-0.1, -0.05) is 32.0 Å². The number of hydrogen-bond acceptors (Lipinski definition) is 4. The number of hydrogen-bond donors (Lipinski definition) is 0. The number of pyridine rings is 1. The lowest BCUT2D eigenvalue weighted by atomic mass is 10.0. The monoisotopic (exact) mass is 404 g/mol. The second kappa shape index (κ2) is 8.34. The van der Waals surface area contributed by atoms with Crippen LogP contribution in [0, 0.1) is 0 Å². The van der Waals surface area contributed by atoms with Crippen LogP contribution in [0.2, 0.25) is 0 Å². The fourth-order valence-corrected chi connectivity index (χ4v) is 3.92. The SMILES string of the molecule is CCC(C)N(C(=O)c1cc(-c2ccc3c(c2)OCO3)nc2ccccc12)C(C)CC. The molecule has 1 aliphatic heterocycles. The molecular weight excluding hydrogens is 376 g/mol. The fraction of sp³-hybridized carbons (Fsp3) is 0.360. The van der Waals surface area contributed by atoms with Crippen molar-refractivity contribution < 1.29 is 14.3 Å². The van der Waals surface area contributed by atoms with Crippen LogP contribution in [-0.2, 0) is 0 Å². The van der Waals surface area contributed by atoms with E-state index < -0.39 is 0 Å².